The first-order valence-electron chi connectivity index (χ1n) is 6.12. The number of hydrogen-bond donors (Lipinski definition) is 1. The molecule has 1 fully saturated rings. The van der Waals surface area contributed by atoms with Gasteiger partial charge in [0.1, 0.15) is 5.03 Å². The first kappa shape index (κ1) is 11.7. The Morgan fingerprint density at radius 3 is 3.00 bits per heavy atom. The lowest BCUT2D eigenvalue weighted by Gasteiger charge is -2.08. The van der Waals surface area contributed by atoms with Gasteiger partial charge >= 0.3 is 0 Å². The van der Waals surface area contributed by atoms with Crippen LogP contribution in [-0.4, -0.2) is 21.8 Å². The van der Waals surface area contributed by atoms with Gasteiger partial charge in [-0.05, 0) is 25.3 Å². The summed E-state index contributed by atoms with van der Waals surface area (Å²) in [5.74, 6) is 0.768. The van der Waals surface area contributed by atoms with Gasteiger partial charge < -0.3 is 5.32 Å². The molecule has 1 aromatic heterocycles. The van der Waals surface area contributed by atoms with Gasteiger partial charge in [0, 0.05) is 18.0 Å². The van der Waals surface area contributed by atoms with Gasteiger partial charge in [0.15, 0.2) is 0 Å². The topological polar surface area (TPSA) is 37.8 Å². The highest BCUT2D eigenvalue weighted by Gasteiger charge is 2.16. The number of aromatic nitrogens is 2. The van der Waals surface area contributed by atoms with Crippen LogP contribution < -0.4 is 5.32 Å². The van der Waals surface area contributed by atoms with E-state index in [2.05, 4.69) is 22.2 Å². The van der Waals surface area contributed by atoms with Gasteiger partial charge in [-0.2, -0.15) is 0 Å². The summed E-state index contributed by atoms with van der Waals surface area (Å²) in [7, 11) is 0. The fraction of sp³-hybridized carbons (Fsp3) is 0.667. The Kier molecular flexibility index (Phi) is 4.45. The lowest BCUT2D eigenvalue weighted by Crippen LogP contribution is -2.05. The molecule has 4 heteroatoms. The molecule has 88 valence electrons. The van der Waals surface area contributed by atoms with E-state index in [1.165, 1.54) is 25.7 Å². The summed E-state index contributed by atoms with van der Waals surface area (Å²) in [6.45, 7) is 3.08. The summed E-state index contributed by atoms with van der Waals surface area (Å²) in [6, 6.07) is 2.01. The van der Waals surface area contributed by atoms with Crippen LogP contribution in [0.25, 0.3) is 0 Å². The van der Waals surface area contributed by atoms with E-state index in [0.717, 1.165) is 29.2 Å². The molecule has 0 radical (unpaired) electrons. The fourth-order valence-electron chi connectivity index (χ4n) is 1.91. The number of hydrogen-bond acceptors (Lipinski definition) is 4. The van der Waals surface area contributed by atoms with E-state index in [0.29, 0.717) is 0 Å². The Bertz CT molecular complexity index is 324. The zero-order valence-electron chi connectivity index (χ0n) is 9.78. The lowest BCUT2D eigenvalue weighted by molar-refractivity contribution is 0.886. The van der Waals surface area contributed by atoms with Crippen LogP contribution in [0, 0.1) is 0 Å². The van der Waals surface area contributed by atoms with E-state index in [9.17, 15) is 0 Å². The largest absolute Gasteiger partial charge is 0.354 e. The standard InChI is InChI=1S/C12H19N3S/c1-2-8-13-12-14-9-7-11(15-12)16-10-5-3-4-6-10/h7,9-10H,2-6,8H2,1H3,(H,13,14,15). The molecule has 1 heterocycles. The summed E-state index contributed by atoms with van der Waals surface area (Å²) in [5, 5.41) is 5.11. The minimum atomic E-state index is 0.768. The van der Waals surface area contributed by atoms with Gasteiger partial charge in [0.05, 0.1) is 0 Å². The van der Waals surface area contributed by atoms with Crippen molar-refractivity contribution in [3.8, 4) is 0 Å². The van der Waals surface area contributed by atoms with Crippen molar-refractivity contribution < 1.29 is 0 Å². The first-order chi connectivity index (χ1) is 7.88. The van der Waals surface area contributed by atoms with E-state index in [-0.39, 0.29) is 0 Å². The number of rotatable bonds is 5. The maximum atomic E-state index is 4.51. The predicted octanol–water partition coefficient (Wildman–Crippen LogP) is 3.33. The van der Waals surface area contributed by atoms with E-state index < -0.39 is 0 Å². The smallest absolute Gasteiger partial charge is 0.223 e. The zero-order valence-corrected chi connectivity index (χ0v) is 10.6. The van der Waals surface area contributed by atoms with Crippen LogP contribution in [-0.2, 0) is 0 Å². The van der Waals surface area contributed by atoms with Crippen molar-refractivity contribution in [2.24, 2.45) is 0 Å². The monoisotopic (exact) mass is 237 g/mol. The van der Waals surface area contributed by atoms with Crippen molar-refractivity contribution in [3.05, 3.63) is 12.3 Å². The normalized spacial score (nSPS) is 16.6. The van der Waals surface area contributed by atoms with Crippen LogP contribution in [0.1, 0.15) is 39.0 Å². The fourth-order valence-corrected chi connectivity index (χ4v) is 3.10. The molecule has 0 amide bonds. The molecule has 0 unspecified atom stereocenters. The molecule has 1 aliphatic carbocycles. The Morgan fingerprint density at radius 1 is 1.44 bits per heavy atom. The lowest BCUT2D eigenvalue weighted by atomic mass is 10.4. The highest BCUT2D eigenvalue weighted by molar-refractivity contribution is 7.99. The number of nitrogens with one attached hydrogen (secondary N) is 1. The quantitative estimate of drug-likeness (QED) is 0.797. The van der Waals surface area contributed by atoms with Crippen molar-refractivity contribution in [3.63, 3.8) is 0 Å². The molecule has 1 N–H and O–H groups in total. The van der Waals surface area contributed by atoms with Crippen LogP contribution >= 0.6 is 11.8 Å². The molecule has 16 heavy (non-hydrogen) atoms. The molecule has 0 aromatic carbocycles. The molecular weight excluding hydrogens is 218 g/mol. The summed E-state index contributed by atoms with van der Waals surface area (Å²) < 4.78 is 0. The van der Waals surface area contributed by atoms with Gasteiger partial charge in [0.2, 0.25) is 5.95 Å². The first-order valence-corrected chi connectivity index (χ1v) is 7.00. The number of thioether (sulfide) groups is 1. The van der Waals surface area contributed by atoms with Crippen LogP contribution in [0.3, 0.4) is 0 Å². The van der Waals surface area contributed by atoms with Gasteiger partial charge in [-0.15, -0.1) is 11.8 Å². The van der Waals surface area contributed by atoms with E-state index in [1.807, 2.05) is 24.0 Å². The molecular formula is C12H19N3S. The van der Waals surface area contributed by atoms with Gasteiger partial charge in [-0.1, -0.05) is 19.8 Å². The Hall–Kier alpha value is -0.770. The zero-order chi connectivity index (χ0) is 11.2. The Morgan fingerprint density at radius 2 is 2.25 bits per heavy atom. The van der Waals surface area contributed by atoms with Crippen molar-refractivity contribution in [2.45, 2.75) is 49.3 Å². The maximum Gasteiger partial charge on any atom is 0.223 e. The Balaban J connectivity index is 1.92. The highest BCUT2D eigenvalue weighted by Crippen LogP contribution is 2.33. The SMILES string of the molecule is CCCNc1nccc(SC2CCCC2)n1. The predicted molar refractivity (Wildman–Crippen MR) is 68.9 cm³/mol. The molecule has 0 spiro atoms. The van der Waals surface area contributed by atoms with E-state index in [1.54, 1.807) is 0 Å². The molecule has 0 saturated heterocycles. The molecule has 0 bridgehead atoms. The molecule has 0 aliphatic heterocycles. The van der Waals surface area contributed by atoms with Crippen LogP contribution in [0.15, 0.2) is 17.3 Å². The summed E-state index contributed by atoms with van der Waals surface area (Å²) in [4.78, 5) is 8.73. The number of anilines is 1. The van der Waals surface area contributed by atoms with Gasteiger partial charge in [-0.25, -0.2) is 9.97 Å². The minimum absolute atomic E-state index is 0.768. The second-order valence-electron chi connectivity index (χ2n) is 4.17. The Labute approximate surface area is 101 Å². The van der Waals surface area contributed by atoms with Crippen LogP contribution in [0.5, 0.6) is 0 Å². The molecule has 2 rings (SSSR count). The number of nitrogens with zero attached hydrogens (tertiary/aromatic N) is 2. The van der Waals surface area contributed by atoms with Crippen molar-refractivity contribution in [1.29, 1.82) is 0 Å². The highest BCUT2D eigenvalue weighted by atomic mass is 32.2. The molecule has 1 saturated carbocycles. The average molecular weight is 237 g/mol. The second-order valence-corrected chi connectivity index (χ2v) is 5.49. The van der Waals surface area contributed by atoms with E-state index >= 15 is 0 Å². The third-order valence-electron chi connectivity index (χ3n) is 2.75. The molecule has 1 aliphatic rings. The summed E-state index contributed by atoms with van der Waals surface area (Å²) in [5.41, 5.74) is 0. The van der Waals surface area contributed by atoms with Crippen LogP contribution in [0.4, 0.5) is 5.95 Å². The second kappa shape index (κ2) is 6.09. The summed E-state index contributed by atoms with van der Waals surface area (Å²) >= 11 is 1.91. The minimum Gasteiger partial charge on any atom is -0.354 e. The van der Waals surface area contributed by atoms with Crippen molar-refractivity contribution in [2.75, 3.05) is 11.9 Å². The molecule has 0 atom stereocenters. The average Bonchev–Trinajstić information content (AvgIpc) is 2.80. The molecule has 1 aromatic rings. The van der Waals surface area contributed by atoms with E-state index in [4.69, 9.17) is 0 Å². The van der Waals surface area contributed by atoms with Crippen molar-refractivity contribution >= 4 is 17.7 Å². The van der Waals surface area contributed by atoms with Gasteiger partial charge in [-0.3, -0.25) is 0 Å². The third kappa shape index (κ3) is 3.37. The van der Waals surface area contributed by atoms with Gasteiger partial charge in [0.25, 0.3) is 0 Å². The third-order valence-corrected chi connectivity index (χ3v) is 4.03. The maximum absolute atomic E-state index is 4.51. The summed E-state index contributed by atoms with van der Waals surface area (Å²) in [6.07, 6.45) is 8.39. The van der Waals surface area contributed by atoms with Crippen molar-refractivity contribution in [1.82, 2.24) is 9.97 Å². The van der Waals surface area contributed by atoms with Crippen LogP contribution in [0.2, 0.25) is 0 Å². The molecule has 3 nitrogen and oxygen atoms in total.